The third kappa shape index (κ3) is 3.62. The molecule has 0 heterocycles. The van der Waals surface area contributed by atoms with E-state index >= 15 is 0 Å². The molecule has 0 spiro atoms. The molecule has 18 heavy (non-hydrogen) atoms. The normalized spacial score (nSPS) is 14.1. The van der Waals surface area contributed by atoms with Gasteiger partial charge in [0.1, 0.15) is 0 Å². The number of ether oxygens (including phenoxy) is 2. The number of rotatable bonds is 7. The smallest absolute Gasteiger partial charge is 0.160 e. The van der Waals surface area contributed by atoms with Crippen molar-refractivity contribution >= 4 is 0 Å². The Labute approximate surface area is 109 Å². The van der Waals surface area contributed by atoms with E-state index in [9.17, 15) is 0 Å². The number of likely N-dealkylation sites (N-methyl/N-ethyl adjacent to an activating group) is 1. The summed E-state index contributed by atoms with van der Waals surface area (Å²) in [5.41, 5.74) is 1.03. The van der Waals surface area contributed by atoms with Crippen molar-refractivity contribution in [3.63, 3.8) is 0 Å². The summed E-state index contributed by atoms with van der Waals surface area (Å²) in [6.45, 7) is 2.27. The summed E-state index contributed by atoms with van der Waals surface area (Å²) in [7, 11) is 5.17. The van der Waals surface area contributed by atoms with Gasteiger partial charge >= 0.3 is 0 Å². The lowest BCUT2D eigenvalue weighted by Gasteiger charge is -2.29. The van der Waals surface area contributed by atoms with Crippen LogP contribution in [0.2, 0.25) is 0 Å². The summed E-state index contributed by atoms with van der Waals surface area (Å²) in [6, 6.07) is 5.91. The Morgan fingerprint density at radius 3 is 2.39 bits per heavy atom. The highest BCUT2D eigenvalue weighted by molar-refractivity contribution is 5.43. The Morgan fingerprint density at radius 2 is 1.89 bits per heavy atom. The molecule has 1 atom stereocenters. The number of methoxy groups -OCH3 is 2. The molecule has 102 valence electrons. The van der Waals surface area contributed by atoms with Gasteiger partial charge in [0.2, 0.25) is 0 Å². The predicted molar refractivity (Wildman–Crippen MR) is 72.4 cm³/mol. The molecule has 0 aliphatic rings. The molecule has 0 aromatic heterocycles. The zero-order chi connectivity index (χ0) is 13.6. The highest BCUT2D eigenvalue weighted by Crippen LogP contribution is 2.29. The highest BCUT2D eigenvalue weighted by atomic mass is 16.5. The van der Waals surface area contributed by atoms with Crippen molar-refractivity contribution in [2.45, 2.75) is 25.3 Å². The minimum absolute atomic E-state index is 0.117. The SMILES string of the molecule is CNC(C)(CCO)Cc1ccc(OC)c(OC)c1. The van der Waals surface area contributed by atoms with Gasteiger partial charge in [-0.3, -0.25) is 0 Å². The van der Waals surface area contributed by atoms with E-state index in [-0.39, 0.29) is 12.1 Å². The number of hydrogen-bond donors (Lipinski definition) is 2. The van der Waals surface area contributed by atoms with Crippen LogP contribution in [0.3, 0.4) is 0 Å². The number of aliphatic hydroxyl groups excluding tert-OH is 1. The van der Waals surface area contributed by atoms with Crippen LogP contribution in [0.4, 0.5) is 0 Å². The van der Waals surface area contributed by atoms with Gasteiger partial charge < -0.3 is 19.9 Å². The van der Waals surface area contributed by atoms with E-state index in [0.717, 1.165) is 23.5 Å². The average molecular weight is 253 g/mol. The summed E-state index contributed by atoms with van der Waals surface area (Å²) in [4.78, 5) is 0. The summed E-state index contributed by atoms with van der Waals surface area (Å²) in [5.74, 6) is 1.46. The standard InChI is InChI=1S/C14H23NO3/c1-14(15-2,7-8-16)10-11-5-6-12(17-3)13(9-11)18-4/h5-6,9,15-16H,7-8,10H2,1-4H3. The third-order valence-electron chi connectivity index (χ3n) is 3.31. The molecule has 0 radical (unpaired) electrons. The fourth-order valence-electron chi connectivity index (χ4n) is 1.99. The quantitative estimate of drug-likeness (QED) is 0.775. The van der Waals surface area contributed by atoms with E-state index in [2.05, 4.69) is 12.2 Å². The molecule has 4 heteroatoms. The highest BCUT2D eigenvalue weighted by Gasteiger charge is 2.22. The lowest BCUT2D eigenvalue weighted by atomic mass is 9.90. The molecule has 0 saturated carbocycles. The lowest BCUT2D eigenvalue weighted by molar-refractivity contribution is 0.226. The van der Waals surface area contributed by atoms with Crippen LogP contribution >= 0.6 is 0 Å². The van der Waals surface area contributed by atoms with Crippen LogP contribution in [0.1, 0.15) is 18.9 Å². The van der Waals surface area contributed by atoms with Crippen molar-refractivity contribution in [1.82, 2.24) is 5.32 Å². The topological polar surface area (TPSA) is 50.7 Å². The molecule has 0 aliphatic heterocycles. The van der Waals surface area contributed by atoms with Crippen molar-refractivity contribution < 1.29 is 14.6 Å². The first-order valence-corrected chi connectivity index (χ1v) is 6.09. The molecule has 0 fully saturated rings. The Bertz CT molecular complexity index is 381. The van der Waals surface area contributed by atoms with E-state index in [1.807, 2.05) is 25.2 Å². The third-order valence-corrected chi connectivity index (χ3v) is 3.31. The molecule has 1 aromatic carbocycles. The maximum Gasteiger partial charge on any atom is 0.160 e. The van der Waals surface area contributed by atoms with Crippen LogP contribution in [0.15, 0.2) is 18.2 Å². The zero-order valence-electron chi connectivity index (χ0n) is 11.6. The predicted octanol–water partition coefficient (Wildman–Crippen LogP) is 1.61. The summed E-state index contributed by atoms with van der Waals surface area (Å²) >= 11 is 0. The maximum atomic E-state index is 9.11. The van der Waals surface area contributed by atoms with Gasteiger partial charge in [0.15, 0.2) is 11.5 Å². The maximum absolute atomic E-state index is 9.11. The summed E-state index contributed by atoms with van der Waals surface area (Å²) < 4.78 is 10.5. The van der Waals surface area contributed by atoms with Crippen molar-refractivity contribution in [3.05, 3.63) is 23.8 Å². The molecule has 1 rings (SSSR count). The van der Waals surface area contributed by atoms with Gasteiger partial charge in [-0.2, -0.15) is 0 Å². The van der Waals surface area contributed by atoms with Crippen LogP contribution < -0.4 is 14.8 Å². The minimum Gasteiger partial charge on any atom is -0.493 e. The Kier molecular flexibility index (Phi) is 5.44. The van der Waals surface area contributed by atoms with Crippen molar-refractivity contribution in [1.29, 1.82) is 0 Å². The monoisotopic (exact) mass is 253 g/mol. The molecule has 2 N–H and O–H groups in total. The van der Waals surface area contributed by atoms with Crippen LogP contribution in [0, 0.1) is 0 Å². The molecular formula is C14H23NO3. The van der Waals surface area contributed by atoms with Crippen molar-refractivity contribution in [3.8, 4) is 11.5 Å². The van der Waals surface area contributed by atoms with E-state index < -0.39 is 0 Å². The molecule has 0 saturated heterocycles. The molecule has 0 aliphatic carbocycles. The van der Waals surface area contributed by atoms with Gasteiger partial charge in [0.05, 0.1) is 14.2 Å². The molecular weight excluding hydrogens is 230 g/mol. The number of hydrogen-bond acceptors (Lipinski definition) is 4. The van der Waals surface area contributed by atoms with Gasteiger partial charge in [-0.1, -0.05) is 6.07 Å². The number of aliphatic hydroxyl groups is 1. The van der Waals surface area contributed by atoms with Crippen LogP contribution in [-0.4, -0.2) is 38.5 Å². The van der Waals surface area contributed by atoms with E-state index in [1.54, 1.807) is 14.2 Å². The summed E-state index contributed by atoms with van der Waals surface area (Å²) in [5, 5.41) is 12.4. The average Bonchev–Trinajstić information content (AvgIpc) is 2.38. The largest absolute Gasteiger partial charge is 0.493 e. The van der Waals surface area contributed by atoms with E-state index in [0.29, 0.717) is 6.42 Å². The molecule has 1 unspecified atom stereocenters. The zero-order valence-corrected chi connectivity index (χ0v) is 11.6. The fourth-order valence-corrected chi connectivity index (χ4v) is 1.99. The van der Waals surface area contributed by atoms with Gasteiger partial charge in [-0.15, -0.1) is 0 Å². The van der Waals surface area contributed by atoms with Crippen molar-refractivity contribution in [2.24, 2.45) is 0 Å². The Hall–Kier alpha value is -1.26. The van der Waals surface area contributed by atoms with Gasteiger partial charge in [0.25, 0.3) is 0 Å². The lowest BCUT2D eigenvalue weighted by Crippen LogP contribution is -2.42. The molecule has 0 bridgehead atoms. The number of nitrogens with one attached hydrogen (secondary N) is 1. The Balaban J connectivity index is 2.90. The first-order valence-electron chi connectivity index (χ1n) is 6.09. The second-order valence-electron chi connectivity index (χ2n) is 4.65. The number of benzene rings is 1. The van der Waals surface area contributed by atoms with Crippen molar-refractivity contribution in [2.75, 3.05) is 27.9 Å². The summed E-state index contributed by atoms with van der Waals surface area (Å²) in [6.07, 6.45) is 1.53. The first kappa shape index (κ1) is 14.8. The minimum atomic E-state index is -0.117. The Morgan fingerprint density at radius 1 is 1.22 bits per heavy atom. The van der Waals surface area contributed by atoms with Gasteiger partial charge in [-0.25, -0.2) is 0 Å². The first-order chi connectivity index (χ1) is 8.58. The molecule has 1 aromatic rings. The van der Waals surface area contributed by atoms with Crippen LogP contribution in [-0.2, 0) is 6.42 Å². The van der Waals surface area contributed by atoms with Crippen LogP contribution in [0.5, 0.6) is 11.5 Å². The van der Waals surface area contributed by atoms with Crippen LogP contribution in [0.25, 0.3) is 0 Å². The molecule has 4 nitrogen and oxygen atoms in total. The van der Waals surface area contributed by atoms with Gasteiger partial charge in [0, 0.05) is 12.1 Å². The second kappa shape index (κ2) is 6.61. The van der Waals surface area contributed by atoms with E-state index in [1.165, 1.54) is 0 Å². The molecule has 0 amide bonds. The second-order valence-corrected chi connectivity index (χ2v) is 4.65. The van der Waals surface area contributed by atoms with E-state index in [4.69, 9.17) is 14.6 Å². The fraction of sp³-hybridized carbons (Fsp3) is 0.571. The van der Waals surface area contributed by atoms with Gasteiger partial charge in [-0.05, 0) is 44.5 Å².